The zero-order chi connectivity index (χ0) is 14.5. The Morgan fingerprint density at radius 2 is 2.00 bits per heavy atom. The first-order valence-electron chi connectivity index (χ1n) is 8.09. The van der Waals surface area contributed by atoms with Gasteiger partial charge in [-0.3, -0.25) is 0 Å². The maximum atomic E-state index is 9.02. The van der Waals surface area contributed by atoms with Gasteiger partial charge in [0.2, 0.25) is 0 Å². The molecule has 2 heterocycles. The molecule has 0 atom stereocenters. The molecular weight excluding hydrogens is 258 g/mol. The van der Waals surface area contributed by atoms with Gasteiger partial charge in [-0.15, -0.1) is 0 Å². The molecule has 0 aliphatic carbocycles. The highest BCUT2D eigenvalue weighted by Gasteiger charge is 2.09. The van der Waals surface area contributed by atoms with Gasteiger partial charge >= 0.3 is 0 Å². The number of likely N-dealkylation sites (tertiary alicyclic amines) is 1. The maximum absolute atomic E-state index is 9.02. The first kappa shape index (κ1) is 14.2. The van der Waals surface area contributed by atoms with Crippen LogP contribution in [0.15, 0.2) is 24.4 Å². The molecule has 110 valence electrons. The topological polar surface area (TPSA) is 42.8 Å². The molecule has 0 radical (unpaired) electrons. The van der Waals surface area contributed by atoms with Crippen molar-refractivity contribution in [3.05, 3.63) is 35.5 Å². The first-order chi connectivity index (χ1) is 10.4. The van der Waals surface area contributed by atoms with E-state index in [1.807, 2.05) is 18.2 Å². The fourth-order valence-corrected chi connectivity index (χ4v) is 3.29. The lowest BCUT2D eigenvalue weighted by Gasteiger charge is -2.26. The number of nitrogens with zero attached hydrogens (tertiary/aromatic N) is 2. The van der Waals surface area contributed by atoms with Gasteiger partial charge in [0.25, 0.3) is 0 Å². The average Bonchev–Trinajstić information content (AvgIpc) is 2.95. The molecule has 1 aliphatic heterocycles. The monoisotopic (exact) mass is 281 g/mol. The molecular formula is C18H23N3. The highest BCUT2D eigenvalue weighted by atomic mass is 15.1. The largest absolute Gasteiger partial charge is 0.361 e. The van der Waals surface area contributed by atoms with Gasteiger partial charge in [-0.05, 0) is 75.5 Å². The smallest absolute Gasteiger partial charge is 0.0991 e. The summed E-state index contributed by atoms with van der Waals surface area (Å²) in [6, 6.07) is 8.11. The van der Waals surface area contributed by atoms with Crippen molar-refractivity contribution in [2.45, 2.75) is 38.5 Å². The summed E-state index contributed by atoms with van der Waals surface area (Å²) in [4.78, 5) is 5.91. The Kier molecular flexibility index (Phi) is 4.57. The molecule has 0 unspecified atom stereocenters. The molecule has 1 fully saturated rings. The summed E-state index contributed by atoms with van der Waals surface area (Å²) in [7, 11) is 0. The summed E-state index contributed by atoms with van der Waals surface area (Å²) >= 11 is 0. The third kappa shape index (κ3) is 3.46. The predicted molar refractivity (Wildman–Crippen MR) is 86.2 cm³/mol. The van der Waals surface area contributed by atoms with Crippen LogP contribution >= 0.6 is 0 Å². The first-order valence-corrected chi connectivity index (χ1v) is 8.09. The van der Waals surface area contributed by atoms with E-state index in [2.05, 4.69) is 22.1 Å². The molecule has 1 aliphatic rings. The van der Waals surface area contributed by atoms with Gasteiger partial charge in [0.1, 0.15) is 0 Å². The Balaban J connectivity index is 1.54. The number of benzene rings is 1. The predicted octanol–water partition coefficient (Wildman–Crippen LogP) is 3.85. The number of aryl methyl sites for hydroxylation is 1. The van der Waals surface area contributed by atoms with Crippen LogP contribution in [0.2, 0.25) is 0 Å². The molecule has 1 saturated heterocycles. The van der Waals surface area contributed by atoms with Gasteiger partial charge in [-0.2, -0.15) is 5.26 Å². The Morgan fingerprint density at radius 1 is 1.14 bits per heavy atom. The van der Waals surface area contributed by atoms with Crippen molar-refractivity contribution < 1.29 is 0 Å². The van der Waals surface area contributed by atoms with Gasteiger partial charge in [0.05, 0.1) is 11.6 Å². The molecule has 1 N–H and O–H groups in total. The van der Waals surface area contributed by atoms with Crippen molar-refractivity contribution in [3.63, 3.8) is 0 Å². The van der Waals surface area contributed by atoms with Crippen LogP contribution in [0.5, 0.6) is 0 Å². The maximum Gasteiger partial charge on any atom is 0.0991 e. The van der Waals surface area contributed by atoms with E-state index in [1.165, 1.54) is 62.7 Å². The summed E-state index contributed by atoms with van der Waals surface area (Å²) < 4.78 is 0. The van der Waals surface area contributed by atoms with Crippen LogP contribution in [0, 0.1) is 11.3 Å². The zero-order valence-electron chi connectivity index (χ0n) is 12.6. The van der Waals surface area contributed by atoms with Crippen molar-refractivity contribution >= 4 is 10.9 Å². The molecule has 0 bridgehead atoms. The zero-order valence-corrected chi connectivity index (χ0v) is 12.6. The Hall–Kier alpha value is -1.79. The highest BCUT2D eigenvalue weighted by molar-refractivity contribution is 5.84. The second-order valence-electron chi connectivity index (χ2n) is 6.05. The number of nitrogens with one attached hydrogen (secondary N) is 1. The fourth-order valence-electron chi connectivity index (χ4n) is 3.29. The van der Waals surface area contributed by atoms with Gasteiger partial charge in [0, 0.05) is 17.1 Å². The summed E-state index contributed by atoms with van der Waals surface area (Å²) in [6.07, 6.45) is 9.85. The fraction of sp³-hybridized carbons (Fsp3) is 0.500. The van der Waals surface area contributed by atoms with Crippen molar-refractivity contribution in [2.24, 2.45) is 0 Å². The minimum atomic E-state index is 0.747. The number of aromatic nitrogens is 1. The standard InChI is InChI=1S/C18H23N3/c19-13-15-7-8-18-17(12-15)16(14-20-18)6-2-5-11-21-9-3-1-4-10-21/h7-8,12,14,20H,1-6,9-11H2. The van der Waals surface area contributed by atoms with Crippen LogP contribution < -0.4 is 0 Å². The normalized spacial score (nSPS) is 16.1. The van der Waals surface area contributed by atoms with E-state index in [4.69, 9.17) is 5.26 Å². The molecule has 3 heteroatoms. The highest BCUT2D eigenvalue weighted by Crippen LogP contribution is 2.21. The molecule has 2 aromatic rings. The van der Waals surface area contributed by atoms with Crippen molar-refractivity contribution in [1.29, 1.82) is 5.26 Å². The number of unbranched alkanes of at least 4 members (excludes halogenated alkanes) is 1. The summed E-state index contributed by atoms with van der Waals surface area (Å²) in [5.41, 5.74) is 3.23. The van der Waals surface area contributed by atoms with Crippen LogP contribution in [0.4, 0.5) is 0 Å². The van der Waals surface area contributed by atoms with Crippen LogP contribution in [0.1, 0.15) is 43.2 Å². The van der Waals surface area contributed by atoms with Crippen LogP contribution in [-0.4, -0.2) is 29.5 Å². The molecule has 21 heavy (non-hydrogen) atoms. The average molecular weight is 281 g/mol. The van der Waals surface area contributed by atoms with Gasteiger partial charge < -0.3 is 9.88 Å². The Morgan fingerprint density at radius 3 is 2.81 bits per heavy atom. The lowest BCUT2D eigenvalue weighted by molar-refractivity contribution is 0.225. The van der Waals surface area contributed by atoms with Gasteiger partial charge in [-0.1, -0.05) is 6.42 Å². The van der Waals surface area contributed by atoms with Gasteiger partial charge in [0.15, 0.2) is 0 Å². The van der Waals surface area contributed by atoms with E-state index in [0.717, 1.165) is 17.5 Å². The Labute approximate surface area is 126 Å². The van der Waals surface area contributed by atoms with E-state index >= 15 is 0 Å². The number of hydrogen-bond acceptors (Lipinski definition) is 2. The van der Waals surface area contributed by atoms with E-state index in [1.54, 1.807) is 0 Å². The number of aromatic amines is 1. The van der Waals surface area contributed by atoms with Crippen molar-refractivity contribution in [2.75, 3.05) is 19.6 Å². The van der Waals surface area contributed by atoms with E-state index in [9.17, 15) is 0 Å². The number of piperidine rings is 1. The van der Waals surface area contributed by atoms with Crippen LogP contribution in [0.25, 0.3) is 10.9 Å². The molecule has 1 aromatic heterocycles. The molecule has 0 spiro atoms. The minimum absolute atomic E-state index is 0.747. The van der Waals surface area contributed by atoms with Crippen LogP contribution in [-0.2, 0) is 6.42 Å². The lowest BCUT2D eigenvalue weighted by Crippen LogP contribution is -2.30. The van der Waals surface area contributed by atoms with E-state index < -0.39 is 0 Å². The number of rotatable bonds is 5. The van der Waals surface area contributed by atoms with Crippen molar-refractivity contribution in [3.8, 4) is 6.07 Å². The third-order valence-corrected chi connectivity index (χ3v) is 4.52. The quantitative estimate of drug-likeness (QED) is 0.846. The third-order valence-electron chi connectivity index (χ3n) is 4.52. The number of H-pyrrole nitrogens is 1. The van der Waals surface area contributed by atoms with Crippen LogP contribution in [0.3, 0.4) is 0 Å². The molecule has 3 nitrogen and oxygen atoms in total. The minimum Gasteiger partial charge on any atom is -0.361 e. The van der Waals surface area contributed by atoms with E-state index in [-0.39, 0.29) is 0 Å². The lowest BCUT2D eigenvalue weighted by atomic mass is 10.0. The molecule has 0 saturated carbocycles. The second-order valence-corrected chi connectivity index (χ2v) is 6.05. The second kappa shape index (κ2) is 6.78. The molecule has 1 aromatic carbocycles. The molecule has 0 amide bonds. The Bertz CT molecular complexity index is 629. The number of hydrogen-bond donors (Lipinski definition) is 1. The van der Waals surface area contributed by atoms with Gasteiger partial charge in [-0.25, -0.2) is 0 Å². The summed E-state index contributed by atoms with van der Waals surface area (Å²) in [5, 5.41) is 10.2. The van der Waals surface area contributed by atoms with Crippen molar-refractivity contribution in [1.82, 2.24) is 9.88 Å². The summed E-state index contributed by atoms with van der Waals surface area (Å²) in [6.45, 7) is 3.82. The number of nitriles is 1. The van der Waals surface area contributed by atoms with E-state index in [0.29, 0.717) is 0 Å². The molecule has 3 rings (SSSR count). The summed E-state index contributed by atoms with van der Waals surface area (Å²) in [5.74, 6) is 0. The number of fused-ring (bicyclic) bond motifs is 1. The SMILES string of the molecule is N#Cc1ccc2[nH]cc(CCCCN3CCCCC3)c2c1.